The second-order valence-electron chi connectivity index (χ2n) is 8.61. The van der Waals surface area contributed by atoms with Crippen molar-refractivity contribution in [3.8, 4) is 11.3 Å². The highest BCUT2D eigenvalue weighted by molar-refractivity contribution is 8.18. The number of fused-ring (bicyclic) bond motifs is 1. The number of furan rings is 1. The lowest BCUT2D eigenvalue weighted by atomic mass is 10.1. The molecule has 0 aliphatic carbocycles. The molecule has 180 valence electrons. The third kappa shape index (κ3) is 4.52. The van der Waals surface area contributed by atoms with Crippen molar-refractivity contribution in [2.75, 3.05) is 31.1 Å². The zero-order valence-corrected chi connectivity index (χ0v) is 21.5. The Morgan fingerprint density at radius 1 is 0.889 bits per heavy atom. The first-order valence-electron chi connectivity index (χ1n) is 11.6. The smallest absolute Gasteiger partial charge is 0.286 e. The summed E-state index contributed by atoms with van der Waals surface area (Å²) in [5, 5.41) is 4.33. The van der Waals surface area contributed by atoms with Crippen LogP contribution in [0.3, 0.4) is 0 Å². The van der Waals surface area contributed by atoms with Crippen LogP contribution in [0.5, 0.6) is 0 Å². The van der Waals surface area contributed by atoms with Crippen LogP contribution in [0.15, 0.2) is 87.1 Å². The molecule has 2 aliphatic heterocycles. The Bertz CT molecular complexity index is 1530. The van der Waals surface area contributed by atoms with Gasteiger partial charge in [-0.25, -0.2) is 0 Å². The maximum absolute atomic E-state index is 12.6. The second kappa shape index (κ2) is 9.69. The number of benzene rings is 3. The first-order chi connectivity index (χ1) is 17.5. The van der Waals surface area contributed by atoms with Crippen LogP contribution in [0.4, 0.5) is 5.69 Å². The summed E-state index contributed by atoms with van der Waals surface area (Å²) in [6, 6.07) is 23.8. The molecule has 0 radical (unpaired) electrons. The summed E-state index contributed by atoms with van der Waals surface area (Å²) in [6.45, 7) is 3.33. The van der Waals surface area contributed by atoms with Crippen LogP contribution in [0.2, 0.25) is 10.0 Å². The Labute approximate surface area is 223 Å². The van der Waals surface area contributed by atoms with Crippen LogP contribution in [-0.2, 0) is 4.79 Å². The standard InChI is InChI=1S/C28H21Cl2N3O2S/c29-19-8-10-22(23(30)16-19)25-11-9-20(35-25)17-26-27(34)31-28(36-26)33-14-12-32(13-15-33)24-7-3-5-18-4-1-2-6-21(18)24/h1-11,16-17H,12-15H2. The molecule has 8 heteroatoms. The minimum Gasteiger partial charge on any atom is -0.457 e. The van der Waals surface area contributed by atoms with E-state index in [0.29, 0.717) is 26.5 Å². The Morgan fingerprint density at radius 3 is 2.50 bits per heavy atom. The number of nitrogens with zero attached hydrogens (tertiary/aromatic N) is 3. The lowest BCUT2D eigenvalue weighted by Gasteiger charge is -2.37. The molecular weight excluding hydrogens is 513 g/mol. The number of anilines is 1. The number of piperazine rings is 1. The number of rotatable bonds is 3. The summed E-state index contributed by atoms with van der Waals surface area (Å²) in [5.41, 5.74) is 2.00. The van der Waals surface area contributed by atoms with E-state index >= 15 is 0 Å². The molecule has 0 spiro atoms. The fourth-order valence-electron chi connectivity index (χ4n) is 4.55. The molecule has 4 aromatic rings. The van der Waals surface area contributed by atoms with Crippen molar-refractivity contribution < 1.29 is 9.21 Å². The highest BCUT2D eigenvalue weighted by atomic mass is 35.5. The van der Waals surface area contributed by atoms with Gasteiger partial charge in [-0.05, 0) is 53.5 Å². The van der Waals surface area contributed by atoms with Gasteiger partial charge in [0, 0.05) is 53.9 Å². The summed E-state index contributed by atoms with van der Waals surface area (Å²) < 4.78 is 5.94. The van der Waals surface area contributed by atoms with Gasteiger partial charge in [0.2, 0.25) is 0 Å². The molecule has 1 aromatic heterocycles. The van der Waals surface area contributed by atoms with E-state index in [4.69, 9.17) is 27.6 Å². The van der Waals surface area contributed by atoms with Gasteiger partial charge in [-0.3, -0.25) is 4.79 Å². The molecule has 3 aromatic carbocycles. The molecule has 5 nitrogen and oxygen atoms in total. The number of carbonyl (C=O) groups is 1. The van der Waals surface area contributed by atoms with Gasteiger partial charge in [-0.1, -0.05) is 59.6 Å². The van der Waals surface area contributed by atoms with Gasteiger partial charge in [0.15, 0.2) is 5.17 Å². The average molecular weight is 534 g/mol. The zero-order valence-electron chi connectivity index (χ0n) is 19.2. The Hall–Kier alpha value is -3.19. The van der Waals surface area contributed by atoms with E-state index in [0.717, 1.165) is 36.9 Å². The Morgan fingerprint density at radius 2 is 1.67 bits per heavy atom. The third-order valence-corrected chi connectivity index (χ3v) is 7.96. The molecule has 1 fully saturated rings. The summed E-state index contributed by atoms with van der Waals surface area (Å²) >= 11 is 13.7. The highest BCUT2D eigenvalue weighted by Crippen LogP contribution is 2.35. The van der Waals surface area contributed by atoms with E-state index in [1.165, 1.54) is 28.2 Å². The largest absolute Gasteiger partial charge is 0.457 e. The Kier molecular flexibility index (Phi) is 6.25. The summed E-state index contributed by atoms with van der Waals surface area (Å²) in [6.07, 6.45) is 1.74. The van der Waals surface area contributed by atoms with Crippen LogP contribution >= 0.6 is 35.0 Å². The SMILES string of the molecule is O=C1N=C(N2CCN(c3cccc4ccccc34)CC2)SC1=Cc1ccc(-c2ccc(Cl)cc2Cl)o1. The number of thioether (sulfide) groups is 1. The van der Waals surface area contributed by atoms with Gasteiger partial charge in [-0.2, -0.15) is 4.99 Å². The number of hydrogen-bond acceptors (Lipinski definition) is 5. The molecule has 0 unspecified atom stereocenters. The van der Waals surface area contributed by atoms with E-state index in [9.17, 15) is 4.79 Å². The Balaban J connectivity index is 1.13. The zero-order chi connectivity index (χ0) is 24.6. The van der Waals surface area contributed by atoms with Crippen molar-refractivity contribution in [2.24, 2.45) is 4.99 Å². The highest BCUT2D eigenvalue weighted by Gasteiger charge is 2.29. The molecule has 36 heavy (non-hydrogen) atoms. The van der Waals surface area contributed by atoms with Gasteiger partial charge in [0.05, 0.1) is 9.93 Å². The molecule has 6 rings (SSSR count). The lowest BCUT2D eigenvalue weighted by molar-refractivity contribution is -0.113. The number of halogens is 2. The van der Waals surface area contributed by atoms with E-state index in [1.54, 1.807) is 18.2 Å². The van der Waals surface area contributed by atoms with Gasteiger partial charge in [0.1, 0.15) is 11.5 Å². The molecule has 0 saturated carbocycles. The molecule has 1 saturated heterocycles. The van der Waals surface area contributed by atoms with Crippen LogP contribution < -0.4 is 4.90 Å². The van der Waals surface area contributed by atoms with Crippen LogP contribution in [0, 0.1) is 0 Å². The van der Waals surface area contributed by atoms with Crippen molar-refractivity contribution in [3.63, 3.8) is 0 Å². The van der Waals surface area contributed by atoms with E-state index in [-0.39, 0.29) is 5.91 Å². The summed E-state index contributed by atoms with van der Waals surface area (Å²) in [4.78, 5) is 22.1. The van der Waals surface area contributed by atoms with Crippen LogP contribution in [0.25, 0.3) is 28.2 Å². The van der Waals surface area contributed by atoms with E-state index < -0.39 is 0 Å². The minimum atomic E-state index is -0.242. The number of aliphatic imine (C=N–C) groups is 1. The maximum Gasteiger partial charge on any atom is 0.286 e. The van der Waals surface area contributed by atoms with E-state index in [1.807, 2.05) is 18.2 Å². The lowest BCUT2D eigenvalue weighted by Crippen LogP contribution is -2.47. The van der Waals surface area contributed by atoms with Gasteiger partial charge in [-0.15, -0.1) is 0 Å². The van der Waals surface area contributed by atoms with Crippen molar-refractivity contribution in [2.45, 2.75) is 0 Å². The molecular formula is C28H21Cl2N3O2S. The molecule has 0 bridgehead atoms. The predicted molar refractivity (Wildman–Crippen MR) is 150 cm³/mol. The monoisotopic (exact) mass is 533 g/mol. The number of hydrogen-bond donors (Lipinski definition) is 0. The van der Waals surface area contributed by atoms with Crippen LogP contribution in [-0.4, -0.2) is 42.2 Å². The number of carbonyl (C=O) groups excluding carboxylic acids is 1. The molecule has 3 heterocycles. The normalized spacial score (nSPS) is 17.3. The third-order valence-electron chi connectivity index (χ3n) is 6.36. The molecule has 1 amide bonds. The number of amides is 1. The fraction of sp³-hybridized carbons (Fsp3) is 0.143. The molecule has 2 aliphatic rings. The minimum absolute atomic E-state index is 0.242. The quantitative estimate of drug-likeness (QED) is 0.260. The summed E-state index contributed by atoms with van der Waals surface area (Å²) in [7, 11) is 0. The maximum atomic E-state index is 12.6. The first-order valence-corrected chi connectivity index (χ1v) is 13.2. The summed E-state index contributed by atoms with van der Waals surface area (Å²) in [5.74, 6) is 0.947. The fourth-order valence-corrected chi connectivity index (χ4v) is 6.00. The first kappa shape index (κ1) is 23.2. The van der Waals surface area contributed by atoms with Crippen LogP contribution in [0.1, 0.15) is 5.76 Å². The molecule has 0 N–H and O–H groups in total. The van der Waals surface area contributed by atoms with Gasteiger partial charge < -0.3 is 14.2 Å². The van der Waals surface area contributed by atoms with Crippen molar-refractivity contribution >= 4 is 68.6 Å². The van der Waals surface area contributed by atoms with Crippen molar-refractivity contribution in [1.82, 2.24) is 4.90 Å². The predicted octanol–water partition coefficient (Wildman–Crippen LogP) is 7.20. The van der Waals surface area contributed by atoms with Gasteiger partial charge >= 0.3 is 0 Å². The van der Waals surface area contributed by atoms with Gasteiger partial charge in [0.25, 0.3) is 5.91 Å². The average Bonchev–Trinajstić information content (AvgIpc) is 3.50. The number of amidine groups is 1. The second-order valence-corrected chi connectivity index (χ2v) is 10.5. The molecule has 0 atom stereocenters. The topological polar surface area (TPSA) is 49.1 Å². The van der Waals surface area contributed by atoms with Crippen molar-refractivity contribution in [1.29, 1.82) is 0 Å². The van der Waals surface area contributed by atoms with Crippen molar-refractivity contribution in [3.05, 3.63) is 93.5 Å². The van der Waals surface area contributed by atoms with E-state index in [2.05, 4.69) is 57.3 Å².